The third-order valence-corrected chi connectivity index (χ3v) is 11.7. The van der Waals surface area contributed by atoms with E-state index in [2.05, 4.69) is 60.2 Å². The fourth-order valence-electron chi connectivity index (χ4n) is 8.91. The van der Waals surface area contributed by atoms with Gasteiger partial charge >= 0.3 is 0 Å². The summed E-state index contributed by atoms with van der Waals surface area (Å²) in [6.07, 6.45) is 8.13. The molecule has 7 rings (SSSR count). The molecule has 0 bridgehead atoms. The zero-order valence-electron chi connectivity index (χ0n) is 34.2. The molecule has 2 aliphatic rings. The van der Waals surface area contributed by atoms with Crippen molar-refractivity contribution in [2.45, 2.75) is 79.1 Å². The van der Waals surface area contributed by atoms with Crippen molar-refractivity contribution in [2.24, 2.45) is 0 Å². The molecule has 0 spiro atoms. The highest BCUT2D eigenvalue weighted by Crippen LogP contribution is 2.57. The average Bonchev–Trinajstić information content (AvgIpc) is 3.24. The number of phenolic OH excluding ortho intramolecular Hbond substituents is 2. The van der Waals surface area contributed by atoms with Gasteiger partial charge in [-0.25, -0.2) is 14.7 Å². The molecular formula is C51H52N4O3. The van der Waals surface area contributed by atoms with Gasteiger partial charge in [0.1, 0.15) is 24.6 Å². The number of rotatable bonds is 14. The fraction of sp³-hybridized carbons (Fsp3) is 0.314. The molecule has 0 fully saturated rings. The van der Waals surface area contributed by atoms with Crippen molar-refractivity contribution in [3.05, 3.63) is 147 Å². The maximum atomic E-state index is 15.4. The molecule has 7 heteroatoms. The highest BCUT2D eigenvalue weighted by atomic mass is 16.3. The predicted molar refractivity (Wildman–Crippen MR) is 235 cm³/mol. The van der Waals surface area contributed by atoms with E-state index < -0.39 is 0 Å². The first-order chi connectivity index (χ1) is 28.4. The topological polar surface area (TPSA) is 97.9 Å². The summed E-state index contributed by atoms with van der Waals surface area (Å²) in [4.78, 5) is 6.08. The van der Waals surface area contributed by atoms with E-state index in [1.807, 2.05) is 60.7 Å². The molecular weight excluding hydrogens is 717 g/mol. The number of aromatic hydroxyl groups is 2. The zero-order chi connectivity index (χ0) is 40.9. The van der Waals surface area contributed by atoms with Gasteiger partial charge in [0, 0.05) is 58.6 Å². The van der Waals surface area contributed by atoms with Gasteiger partial charge in [-0.15, -0.1) is 0 Å². The monoisotopic (exact) mass is 768 g/mol. The molecule has 2 aliphatic carbocycles. The number of benzene rings is 5. The van der Waals surface area contributed by atoms with Crippen LogP contribution in [-0.2, 0) is 0 Å². The van der Waals surface area contributed by atoms with Gasteiger partial charge in [0.15, 0.2) is 0 Å². The van der Waals surface area contributed by atoms with Crippen LogP contribution in [0, 0.1) is 17.9 Å². The van der Waals surface area contributed by atoms with Gasteiger partial charge in [0.2, 0.25) is 5.71 Å². The summed E-state index contributed by atoms with van der Waals surface area (Å²) in [5.74, 6) is -0.420. The highest BCUT2D eigenvalue weighted by Gasteiger charge is 2.39. The van der Waals surface area contributed by atoms with Crippen LogP contribution in [0.2, 0.25) is 0 Å². The van der Waals surface area contributed by atoms with E-state index in [0.29, 0.717) is 27.5 Å². The lowest BCUT2D eigenvalue weighted by Gasteiger charge is -2.41. The van der Waals surface area contributed by atoms with E-state index >= 15 is 5.11 Å². The van der Waals surface area contributed by atoms with Crippen LogP contribution in [0.5, 0.6) is 11.5 Å². The lowest BCUT2D eigenvalue weighted by molar-refractivity contribution is -0.528. The third-order valence-electron chi connectivity index (χ3n) is 11.7. The van der Waals surface area contributed by atoms with E-state index in [4.69, 9.17) is 6.57 Å². The summed E-state index contributed by atoms with van der Waals surface area (Å²) in [5.41, 5.74) is 7.29. The summed E-state index contributed by atoms with van der Waals surface area (Å²) < 4.78 is 2.48. The number of hydrogen-bond donors (Lipinski definition) is 2. The van der Waals surface area contributed by atoms with E-state index in [1.165, 1.54) is 0 Å². The molecule has 0 atom stereocenters. The Morgan fingerprint density at radius 3 is 1.60 bits per heavy atom. The third kappa shape index (κ3) is 6.79. The lowest BCUT2D eigenvalue weighted by atomic mass is 9.69. The van der Waals surface area contributed by atoms with Gasteiger partial charge in [-0.1, -0.05) is 120 Å². The standard InChI is InChI=1S/C51H52N4O3/c1-6-10-28-54(29-11-7-2)49-35-22-16-14-20-33(35)42(34-21-15-17-23-36(34)49)47-45(39(32-52)53-5)48(51(47)58)46-43-37(24-18-26-40(43)56)50(38-25-19-27-41(57)44(38)46)55(30-12-8-3)31-13-9-4/h14-27H,6-13,28-31H2,1-4H3,(H2-,56,57,58)/b45-39+. The van der Waals surface area contributed by atoms with Crippen molar-refractivity contribution in [3.63, 3.8) is 0 Å². The molecule has 0 unspecified atom stereocenters. The first kappa shape index (κ1) is 39.9. The number of allylic oxidation sites excluding steroid dienone is 3. The van der Waals surface area contributed by atoms with Crippen LogP contribution in [0.4, 0.5) is 5.69 Å². The van der Waals surface area contributed by atoms with Gasteiger partial charge in [-0.3, -0.25) is 0 Å². The van der Waals surface area contributed by atoms with Gasteiger partial charge < -0.3 is 20.2 Å². The maximum absolute atomic E-state index is 15.4. The number of nitriles is 1. The normalized spacial score (nSPS) is 14.2. The van der Waals surface area contributed by atoms with Crippen molar-refractivity contribution >= 4 is 44.1 Å². The Kier molecular flexibility index (Phi) is 12.0. The first-order valence-corrected chi connectivity index (χ1v) is 21.0. The molecule has 0 heterocycles. The Labute approximate surface area is 342 Å². The van der Waals surface area contributed by atoms with Crippen molar-refractivity contribution in [1.82, 2.24) is 0 Å². The molecule has 294 valence electrons. The largest absolute Gasteiger partial charge is 0.872 e. The van der Waals surface area contributed by atoms with Gasteiger partial charge in [-0.2, -0.15) is 0 Å². The minimum Gasteiger partial charge on any atom is -0.872 e. The summed E-state index contributed by atoms with van der Waals surface area (Å²) in [5, 5.41) is 52.1. The van der Waals surface area contributed by atoms with E-state index in [9.17, 15) is 15.5 Å². The molecule has 58 heavy (non-hydrogen) atoms. The number of phenols is 2. The lowest BCUT2D eigenvalue weighted by Crippen LogP contribution is -2.31. The summed E-state index contributed by atoms with van der Waals surface area (Å²) in [7, 11) is 0. The molecule has 2 N–H and O–H groups in total. The Morgan fingerprint density at radius 2 is 1.16 bits per heavy atom. The molecule has 0 radical (unpaired) electrons. The van der Waals surface area contributed by atoms with Crippen LogP contribution in [0.15, 0.2) is 108 Å². The van der Waals surface area contributed by atoms with Crippen LogP contribution in [0.25, 0.3) is 37.5 Å². The SMILES string of the molecule is [C-]#[N+]/C(C#N)=C1\C(=C2c3ccccc3C(=[N+](CCCC)CCCC)c3ccccc32)C([O-])=C1c1c2c(O)cccc2c(N(CCCC)CCCC)c2cccc(O)c12. The van der Waals surface area contributed by atoms with E-state index in [1.54, 1.807) is 12.1 Å². The number of fused-ring (bicyclic) bond motifs is 4. The van der Waals surface area contributed by atoms with Gasteiger partial charge in [0.25, 0.3) is 5.70 Å². The summed E-state index contributed by atoms with van der Waals surface area (Å²) in [6.45, 7) is 20.4. The van der Waals surface area contributed by atoms with Crippen molar-refractivity contribution in [2.75, 3.05) is 31.1 Å². The fourth-order valence-corrected chi connectivity index (χ4v) is 8.91. The molecule has 7 nitrogen and oxygen atoms in total. The number of unbranched alkanes of at least 4 members (excludes halogenated alkanes) is 4. The first-order valence-electron chi connectivity index (χ1n) is 21.0. The van der Waals surface area contributed by atoms with E-state index in [0.717, 1.165) is 122 Å². The Balaban J connectivity index is 1.62. The summed E-state index contributed by atoms with van der Waals surface area (Å²) in [6, 6.07) is 29.2. The summed E-state index contributed by atoms with van der Waals surface area (Å²) >= 11 is 0. The van der Waals surface area contributed by atoms with E-state index in [-0.39, 0.29) is 34.1 Å². The molecule has 5 aromatic rings. The maximum Gasteiger partial charge on any atom is 0.270 e. The van der Waals surface area contributed by atoms with Crippen molar-refractivity contribution < 1.29 is 19.9 Å². The molecule has 0 aromatic heterocycles. The quantitative estimate of drug-likeness (QED) is 0.0498. The van der Waals surface area contributed by atoms with Crippen LogP contribution < -0.4 is 10.0 Å². The van der Waals surface area contributed by atoms with Gasteiger partial charge in [0.05, 0.1) is 29.5 Å². The predicted octanol–water partition coefficient (Wildman–Crippen LogP) is 10.9. The molecule has 5 aromatic carbocycles. The molecule has 0 amide bonds. The van der Waals surface area contributed by atoms with Crippen molar-refractivity contribution in [1.29, 1.82) is 5.26 Å². The minimum atomic E-state index is -0.334. The smallest absolute Gasteiger partial charge is 0.270 e. The molecule has 0 aliphatic heterocycles. The number of anilines is 1. The average molecular weight is 769 g/mol. The number of nitrogens with zero attached hydrogens (tertiary/aromatic N) is 4. The van der Waals surface area contributed by atoms with Gasteiger partial charge in [-0.05, 0) is 65.0 Å². The second-order valence-corrected chi connectivity index (χ2v) is 15.4. The van der Waals surface area contributed by atoms with Crippen LogP contribution in [-0.4, -0.2) is 46.7 Å². The second-order valence-electron chi connectivity index (χ2n) is 15.4. The Bertz CT molecular complexity index is 2480. The molecule has 0 saturated carbocycles. The zero-order valence-corrected chi connectivity index (χ0v) is 34.2. The Morgan fingerprint density at radius 1 is 0.672 bits per heavy atom. The van der Waals surface area contributed by atoms with Crippen LogP contribution in [0.1, 0.15) is 107 Å². The van der Waals surface area contributed by atoms with Crippen LogP contribution in [0.3, 0.4) is 0 Å². The minimum absolute atomic E-state index is 0.0428. The highest BCUT2D eigenvalue weighted by molar-refractivity contribution is 6.26. The second kappa shape index (κ2) is 17.5. The Hall–Kier alpha value is -6.31. The van der Waals surface area contributed by atoms with Crippen molar-refractivity contribution in [3.8, 4) is 17.6 Å². The number of hydrogen-bond acceptors (Lipinski definition) is 5. The van der Waals surface area contributed by atoms with Crippen LogP contribution >= 0.6 is 0 Å². The molecule has 0 saturated heterocycles.